The molecule has 0 radical (unpaired) electrons. The third-order valence-electron chi connectivity index (χ3n) is 3.54. The molecular weight excluding hydrogens is 194 g/mol. The van der Waals surface area contributed by atoms with Crippen LogP contribution < -0.4 is 5.32 Å². The fraction of sp³-hybridized carbons (Fsp3) is 0.867. The van der Waals surface area contributed by atoms with Gasteiger partial charge >= 0.3 is 0 Å². The van der Waals surface area contributed by atoms with Crippen molar-refractivity contribution in [1.29, 1.82) is 0 Å². The first-order valence-corrected chi connectivity index (χ1v) is 6.86. The fourth-order valence-electron chi connectivity index (χ4n) is 2.28. The van der Waals surface area contributed by atoms with Gasteiger partial charge in [0.05, 0.1) is 0 Å². The van der Waals surface area contributed by atoms with E-state index in [1.165, 1.54) is 44.1 Å². The van der Waals surface area contributed by atoms with Crippen LogP contribution in [-0.2, 0) is 0 Å². The Morgan fingerprint density at radius 3 is 2.38 bits per heavy atom. The van der Waals surface area contributed by atoms with Gasteiger partial charge in [0.15, 0.2) is 0 Å². The van der Waals surface area contributed by atoms with Crippen LogP contribution in [0.3, 0.4) is 0 Å². The molecule has 1 aliphatic rings. The molecule has 16 heavy (non-hydrogen) atoms. The zero-order chi connectivity index (χ0) is 12.0. The molecule has 1 fully saturated rings. The predicted molar refractivity (Wildman–Crippen MR) is 72.7 cm³/mol. The van der Waals surface area contributed by atoms with E-state index in [1.54, 1.807) is 0 Å². The first-order valence-electron chi connectivity index (χ1n) is 6.86. The summed E-state index contributed by atoms with van der Waals surface area (Å²) in [6, 6.07) is 0.791. The van der Waals surface area contributed by atoms with Crippen LogP contribution in [0, 0.1) is 5.41 Å². The van der Waals surface area contributed by atoms with Crippen molar-refractivity contribution in [3.63, 3.8) is 0 Å². The van der Waals surface area contributed by atoms with Crippen LogP contribution in [0.25, 0.3) is 0 Å². The smallest absolute Gasteiger partial charge is 0.00672 e. The molecule has 0 heterocycles. The third-order valence-corrected chi connectivity index (χ3v) is 3.54. The maximum Gasteiger partial charge on any atom is 0.00672 e. The number of rotatable bonds is 5. The summed E-state index contributed by atoms with van der Waals surface area (Å²) >= 11 is 0. The Balaban J connectivity index is 2.26. The Morgan fingerprint density at radius 1 is 1.19 bits per heavy atom. The minimum Gasteiger partial charge on any atom is -0.313 e. The van der Waals surface area contributed by atoms with Crippen molar-refractivity contribution >= 4 is 0 Å². The molecule has 0 atom stereocenters. The Morgan fingerprint density at radius 2 is 1.81 bits per heavy atom. The number of nitrogens with one attached hydrogen (secondary N) is 1. The summed E-state index contributed by atoms with van der Waals surface area (Å²) in [6.45, 7) is 10.3. The van der Waals surface area contributed by atoms with Crippen LogP contribution >= 0.6 is 0 Å². The van der Waals surface area contributed by atoms with Crippen molar-refractivity contribution in [3.05, 3.63) is 11.6 Å². The van der Waals surface area contributed by atoms with Gasteiger partial charge in [-0.15, -0.1) is 0 Å². The molecule has 94 valence electrons. The minimum atomic E-state index is 0.398. The van der Waals surface area contributed by atoms with E-state index in [-0.39, 0.29) is 0 Å². The summed E-state index contributed by atoms with van der Waals surface area (Å²) in [5, 5.41) is 3.76. The van der Waals surface area contributed by atoms with Crippen molar-refractivity contribution in [2.75, 3.05) is 6.54 Å². The molecule has 1 N–H and O–H groups in total. The molecule has 1 saturated carbocycles. The zero-order valence-corrected chi connectivity index (χ0v) is 11.6. The van der Waals surface area contributed by atoms with Gasteiger partial charge in [-0.3, -0.25) is 0 Å². The topological polar surface area (TPSA) is 12.0 Å². The lowest BCUT2D eigenvalue weighted by atomic mass is 9.87. The first kappa shape index (κ1) is 13.8. The average Bonchev–Trinajstić information content (AvgIpc) is 2.26. The van der Waals surface area contributed by atoms with Gasteiger partial charge in [0.1, 0.15) is 0 Å². The van der Waals surface area contributed by atoms with Crippen molar-refractivity contribution < 1.29 is 0 Å². The third kappa shape index (κ3) is 5.69. The molecule has 1 heteroatoms. The highest BCUT2D eigenvalue weighted by Gasteiger charge is 2.19. The fourth-order valence-corrected chi connectivity index (χ4v) is 2.28. The van der Waals surface area contributed by atoms with E-state index in [9.17, 15) is 0 Å². The highest BCUT2D eigenvalue weighted by atomic mass is 14.9. The molecule has 1 rings (SSSR count). The van der Waals surface area contributed by atoms with Gasteiger partial charge in [-0.25, -0.2) is 0 Å². The maximum absolute atomic E-state index is 3.76. The van der Waals surface area contributed by atoms with Crippen LogP contribution in [0.15, 0.2) is 11.6 Å². The van der Waals surface area contributed by atoms with Crippen LogP contribution in [0.2, 0.25) is 0 Å². The Hall–Kier alpha value is -0.300. The standard InChI is InChI=1S/C15H29N/c1-13(2)10-11-15(3,4)12-16-14-8-6-5-7-9-14/h10,14,16H,5-9,11-12H2,1-4H3. The molecule has 1 aliphatic carbocycles. The van der Waals surface area contributed by atoms with E-state index < -0.39 is 0 Å². The summed E-state index contributed by atoms with van der Waals surface area (Å²) in [6.07, 6.45) is 10.6. The largest absolute Gasteiger partial charge is 0.313 e. The lowest BCUT2D eigenvalue weighted by Crippen LogP contribution is -2.38. The van der Waals surface area contributed by atoms with E-state index in [4.69, 9.17) is 0 Å². The van der Waals surface area contributed by atoms with Crippen LogP contribution in [0.4, 0.5) is 0 Å². The van der Waals surface area contributed by atoms with Crippen molar-refractivity contribution in [1.82, 2.24) is 5.32 Å². The number of allylic oxidation sites excluding steroid dienone is 2. The summed E-state index contributed by atoms with van der Waals surface area (Å²) < 4.78 is 0. The molecule has 0 spiro atoms. The number of hydrogen-bond acceptors (Lipinski definition) is 1. The monoisotopic (exact) mass is 223 g/mol. The Kier molecular flexibility index (Phi) is 5.54. The van der Waals surface area contributed by atoms with Crippen molar-refractivity contribution in [2.45, 2.75) is 72.3 Å². The van der Waals surface area contributed by atoms with Crippen LogP contribution in [0.1, 0.15) is 66.2 Å². The highest BCUT2D eigenvalue weighted by molar-refractivity contribution is 4.96. The lowest BCUT2D eigenvalue weighted by Gasteiger charge is -2.29. The molecule has 0 aliphatic heterocycles. The summed E-state index contributed by atoms with van der Waals surface area (Å²) in [5.41, 5.74) is 1.83. The van der Waals surface area contributed by atoms with Gasteiger partial charge in [0.25, 0.3) is 0 Å². The Bertz CT molecular complexity index is 218. The van der Waals surface area contributed by atoms with Crippen molar-refractivity contribution in [3.8, 4) is 0 Å². The molecule has 0 amide bonds. The molecule has 0 saturated heterocycles. The SMILES string of the molecule is CC(C)=CCC(C)(C)CNC1CCCCC1. The van der Waals surface area contributed by atoms with Crippen molar-refractivity contribution in [2.24, 2.45) is 5.41 Å². The quantitative estimate of drug-likeness (QED) is 0.686. The molecule has 0 aromatic carbocycles. The molecule has 1 nitrogen and oxygen atoms in total. The normalized spacial score (nSPS) is 18.5. The van der Waals surface area contributed by atoms with E-state index in [0.29, 0.717) is 5.41 Å². The molecular formula is C15H29N. The van der Waals surface area contributed by atoms with Gasteiger partial charge in [-0.1, -0.05) is 44.8 Å². The second-order valence-corrected chi connectivity index (χ2v) is 6.37. The molecule has 0 bridgehead atoms. The summed E-state index contributed by atoms with van der Waals surface area (Å²) in [4.78, 5) is 0. The lowest BCUT2D eigenvalue weighted by molar-refractivity contribution is 0.290. The molecule has 0 unspecified atom stereocenters. The Labute approximate surface area is 102 Å². The zero-order valence-electron chi connectivity index (χ0n) is 11.6. The van der Waals surface area contributed by atoms with E-state index >= 15 is 0 Å². The summed E-state index contributed by atoms with van der Waals surface area (Å²) in [5.74, 6) is 0. The second kappa shape index (κ2) is 6.44. The minimum absolute atomic E-state index is 0.398. The average molecular weight is 223 g/mol. The van der Waals surface area contributed by atoms with E-state index in [0.717, 1.165) is 12.6 Å². The van der Waals surface area contributed by atoms with E-state index in [2.05, 4.69) is 39.1 Å². The van der Waals surface area contributed by atoms with Gasteiger partial charge in [0, 0.05) is 12.6 Å². The van der Waals surface area contributed by atoms with Crippen LogP contribution in [0.5, 0.6) is 0 Å². The van der Waals surface area contributed by atoms with E-state index in [1.807, 2.05) is 0 Å². The maximum atomic E-state index is 3.76. The molecule has 0 aromatic heterocycles. The second-order valence-electron chi connectivity index (χ2n) is 6.37. The van der Waals surface area contributed by atoms with Gasteiger partial charge in [-0.05, 0) is 38.5 Å². The van der Waals surface area contributed by atoms with Gasteiger partial charge < -0.3 is 5.32 Å². The predicted octanol–water partition coefficient (Wildman–Crippen LogP) is 4.29. The van der Waals surface area contributed by atoms with Gasteiger partial charge in [0.2, 0.25) is 0 Å². The summed E-state index contributed by atoms with van der Waals surface area (Å²) in [7, 11) is 0. The highest BCUT2D eigenvalue weighted by Crippen LogP contribution is 2.23. The van der Waals surface area contributed by atoms with Gasteiger partial charge in [-0.2, -0.15) is 0 Å². The first-order chi connectivity index (χ1) is 7.49. The number of hydrogen-bond donors (Lipinski definition) is 1. The molecule has 0 aromatic rings. The van der Waals surface area contributed by atoms with Crippen LogP contribution in [-0.4, -0.2) is 12.6 Å².